The first-order chi connectivity index (χ1) is 9.11. The maximum absolute atomic E-state index is 12.4. The highest BCUT2D eigenvalue weighted by Gasteiger charge is 2.30. The zero-order chi connectivity index (χ0) is 13.5. The average Bonchev–Trinajstić information content (AvgIpc) is 3.06. The van der Waals surface area contributed by atoms with Crippen LogP contribution >= 0.6 is 11.3 Å². The van der Waals surface area contributed by atoms with E-state index in [9.17, 15) is 8.42 Å². The fourth-order valence-corrected chi connectivity index (χ4v) is 4.69. The molecule has 0 bridgehead atoms. The van der Waals surface area contributed by atoms with E-state index >= 15 is 0 Å². The van der Waals surface area contributed by atoms with E-state index < -0.39 is 10.0 Å². The summed E-state index contributed by atoms with van der Waals surface area (Å²) in [5.74, 6) is 0.647. The Morgan fingerprint density at radius 1 is 1.42 bits per heavy atom. The third kappa shape index (κ3) is 2.18. The summed E-state index contributed by atoms with van der Waals surface area (Å²) in [5.41, 5.74) is 0.615. The monoisotopic (exact) mass is 300 g/mol. The summed E-state index contributed by atoms with van der Waals surface area (Å²) >= 11 is 1.13. The molecule has 3 rings (SSSR count). The van der Waals surface area contributed by atoms with Gasteiger partial charge in [0, 0.05) is 13.1 Å². The smallest absolute Gasteiger partial charge is 0.253 e. The van der Waals surface area contributed by atoms with Crippen molar-refractivity contribution in [3.05, 3.63) is 29.2 Å². The molecule has 0 saturated carbocycles. The second kappa shape index (κ2) is 4.67. The predicted molar refractivity (Wildman–Crippen MR) is 67.9 cm³/mol. The van der Waals surface area contributed by atoms with Crippen molar-refractivity contribution in [2.45, 2.75) is 23.9 Å². The minimum atomic E-state index is -3.51. The summed E-state index contributed by atoms with van der Waals surface area (Å²) in [7, 11) is -3.51. The van der Waals surface area contributed by atoms with E-state index in [0.717, 1.165) is 11.3 Å². The highest BCUT2D eigenvalue weighted by atomic mass is 32.2. The Kier molecular flexibility index (Phi) is 3.13. The summed E-state index contributed by atoms with van der Waals surface area (Å²) in [4.78, 5) is 0. The van der Waals surface area contributed by atoms with E-state index in [4.69, 9.17) is 5.11 Å². The normalized spacial score (nSPS) is 16.5. The van der Waals surface area contributed by atoms with Gasteiger partial charge in [0.05, 0.1) is 13.2 Å². The Morgan fingerprint density at radius 3 is 3.00 bits per heavy atom. The van der Waals surface area contributed by atoms with Crippen LogP contribution in [0.2, 0.25) is 0 Å². The van der Waals surface area contributed by atoms with Gasteiger partial charge in [0.2, 0.25) is 0 Å². The van der Waals surface area contributed by atoms with E-state index in [1.54, 1.807) is 11.7 Å². The second-order valence-corrected chi connectivity index (χ2v) is 7.29. The van der Waals surface area contributed by atoms with Crippen molar-refractivity contribution in [3.8, 4) is 0 Å². The zero-order valence-electron chi connectivity index (χ0n) is 9.93. The van der Waals surface area contributed by atoms with Crippen molar-refractivity contribution in [1.82, 2.24) is 19.1 Å². The lowest BCUT2D eigenvalue weighted by Gasteiger charge is -2.25. The number of aromatic nitrogens is 3. The van der Waals surface area contributed by atoms with Crippen LogP contribution in [-0.4, -0.2) is 39.1 Å². The van der Waals surface area contributed by atoms with Crippen molar-refractivity contribution in [2.24, 2.45) is 0 Å². The van der Waals surface area contributed by atoms with E-state index in [0.29, 0.717) is 24.5 Å². The van der Waals surface area contributed by atoms with Crippen LogP contribution in [0.5, 0.6) is 0 Å². The maximum Gasteiger partial charge on any atom is 0.253 e. The van der Waals surface area contributed by atoms with Gasteiger partial charge in [-0.05, 0) is 17.0 Å². The fourth-order valence-electron chi connectivity index (χ4n) is 1.95. The van der Waals surface area contributed by atoms with Crippen LogP contribution in [0.25, 0.3) is 0 Å². The summed E-state index contributed by atoms with van der Waals surface area (Å²) in [6.07, 6.45) is 1.61. The molecule has 0 amide bonds. The van der Waals surface area contributed by atoms with Crippen molar-refractivity contribution in [1.29, 1.82) is 0 Å². The molecular formula is C10H12N4O3S2. The van der Waals surface area contributed by atoms with Crippen LogP contribution in [0.4, 0.5) is 0 Å². The largest absolute Gasteiger partial charge is 0.392 e. The first kappa shape index (κ1) is 12.7. The number of aliphatic hydroxyl groups excluding tert-OH is 1. The minimum Gasteiger partial charge on any atom is -0.392 e. The van der Waals surface area contributed by atoms with E-state index in [1.807, 2.05) is 4.57 Å². The van der Waals surface area contributed by atoms with Crippen LogP contribution in [-0.2, 0) is 29.7 Å². The van der Waals surface area contributed by atoms with Crippen molar-refractivity contribution in [2.75, 3.05) is 6.54 Å². The molecule has 0 radical (unpaired) electrons. The van der Waals surface area contributed by atoms with Gasteiger partial charge in [-0.2, -0.15) is 4.31 Å². The summed E-state index contributed by atoms with van der Waals surface area (Å²) in [6.45, 7) is 1.04. The van der Waals surface area contributed by atoms with Crippen LogP contribution in [0.1, 0.15) is 11.4 Å². The van der Waals surface area contributed by atoms with Crippen molar-refractivity contribution in [3.63, 3.8) is 0 Å². The summed E-state index contributed by atoms with van der Waals surface area (Å²) < 4.78 is 28.4. The minimum absolute atomic E-state index is 0.152. The number of nitrogens with zero attached hydrogens (tertiary/aromatic N) is 4. The second-order valence-electron chi connectivity index (χ2n) is 4.21. The Morgan fingerprint density at radius 2 is 2.26 bits per heavy atom. The Hall–Kier alpha value is -1.29. The van der Waals surface area contributed by atoms with Gasteiger partial charge < -0.3 is 9.67 Å². The van der Waals surface area contributed by atoms with E-state index in [1.165, 1.54) is 10.4 Å². The molecule has 102 valence electrons. The number of thiophene rings is 1. The van der Waals surface area contributed by atoms with Gasteiger partial charge in [0.15, 0.2) is 0 Å². The first-order valence-corrected chi connectivity index (χ1v) is 7.98. The Bertz CT molecular complexity index is 691. The predicted octanol–water partition coefficient (Wildman–Crippen LogP) is 0.0364. The average molecular weight is 300 g/mol. The van der Waals surface area contributed by atoms with Crippen LogP contribution in [0.15, 0.2) is 22.0 Å². The molecule has 19 heavy (non-hydrogen) atoms. The standard InChI is InChI=1S/C10H12N4O3S2/c15-5-8-3-10(18-6-8)19(16,17)14-2-1-13-7-11-12-9(13)4-14/h3,6-7,15H,1-2,4-5H2. The SMILES string of the molecule is O=S(=O)(c1cc(CO)cs1)N1CCn2cnnc2C1. The molecule has 1 aliphatic rings. The van der Waals surface area contributed by atoms with Gasteiger partial charge in [-0.1, -0.05) is 0 Å². The molecule has 7 nitrogen and oxygen atoms in total. The molecular weight excluding hydrogens is 288 g/mol. The summed E-state index contributed by atoms with van der Waals surface area (Å²) in [5, 5.41) is 18.3. The van der Waals surface area contributed by atoms with Gasteiger partial charge in [-0.25, -0.2) is 8.42 Å². The quantitative estimate of drug-likeness (QED) is 0.864. The van der Waals surface area contributed by atoms with Crippen LogP contribution in [0.3, 0.4) is 0 Å². The van der Waals surface area contributed by atoms with Gasteiger partial charge >= 0.3 is 0 Å². The molecule has 0 atom stereocenters. The molecule has 0 aliphatic carbocycles. The van der Waals surface area contributed by atoms with Gasteiger partial charge in [-0.3, -0.25) is 0 Å². The zero-order valence-corrected chi connectivity index (χ0v) is 11.6. The van der Waals surface area contributed by atoms with Crippen molar-refractivity contribution < 1.29 is 13.5 Å². The van der Waals surface area contributed by atoms with Gasteiger partial charge in [0.1, 0.15) is 16.4 Å². The van der Waals surface area contributed by atoms with Gasteiger partial charge in [-0.15, -0.1) is 21.5 Å². The third-order valence-corrected chi connectivity index (χ3v) is 6.32. The number of aliphatic hydroxyl groups is 1. The molecule has 0 saturated heterocycles. The lowest BCUT2D eigenvalue weighted by Crippen LogP contribution is -2.37. The fraction of sp³-hybridized carbons (Fsp3) is 0.400. The van der Waals surface area contributed by atoms with E-state index in [2.05, 4.69) is 10.2 Å². The molecule has 2 aromatic rings. The molecule has 1 aliphatic heterocycles. The van der Waals surface area contributed by atoms with Crippen LogP contribution in [0, 0.1) is 0 Å². The van der Waals surface area contributed by atoms with E-state index in [-0.39, 0.29) is 17.4 Å². The third-order valence-electron chi connectivity index (χ3n) is 3.01. The molecule has 0 unspecified atom stereocenters. The van der Waals surface area contributed by atoms with Crippen molar-refractivity contribution >= 4 is 21.4 Å². The first-order valence-electron chi connectivity index (χ1n) is 5.66. The Balaban J connectivity index is 1.89. The number of fused-ring (bicyclic) bond motifs is 1. The summed E-state index contributed by atoms with van der Waals surface area (Å²) in [6, 6.07) is 1.51. The lowest BCUT2D eigenvalue weighted by atomic mass is 10.4. The van der Waals surface area contributed by atoms with Gasteiger partial charge in [0.25, 0.3) is 10.0 Å². The molecule has 0 fully saturated rings. The maximum atomic E-state index is 12.4. The molecule has 0 aromatic carbocycles. The van der Waals surface area contributed by atoms with Crippen LogP contribution < -0.4 is 0 Å². The molecule has 1 N–H and O–H groups in total. The Labute approximate surface area is 114 Å². The topological polar surface area (TPSA) is 88.3 Å². The number of sulfonamides is 1. The molecule has 3 heterocycles. The highest BCUT2D eigenvalue weighted by Crippen LogP contribution is 2.26. The number of hydrogen-bond acceptors (Lipinski definition) is 6. The lowest BCUT2D eigenvalue weighted by molar-refractivity contribution is 0.282. The molecule has 9 heteroatoms. The number of rotatable bonds is 3. The molecule has 2 aromatic heterocycles. The molecule has 0 spiro atoms. The highest BCUT2D eigenvalue weighted by molar-refractivity contribution is 7.91. The number of hydrogen-bond donors (Lipinski definition) is 1.